The molecule has 0 heterocycles. The Hall–Kier alpha value is -1.78. The zero-order valence-electron chi connectivity index (χ0n) is 22.3. The van der Waals surface area contributed by atoms with Gasteiger partial charge in [-0.3, -0.25) is 12.9 Å². The third-order valence-corrected chi connectivity index (χ3v) is 6.90. The van der Waals surface area contributed by atoms with Crippen molar-refractivity contribution in [3.05, 3.63) is 65.2 Å². The summed E-state index contributed by atoms with van der Waals surface area (Å²) in [6.45, 7) is 6.87. The van der Waals surface area contributed by atoms with Crippen LogP contribution in [0.25, 0.3) is 0 Å². The minimum atomic E-state index is -3.78. The maximum absolute atomic E-state index is 12.1. The molecule has 0 saturated heterocycles. The van der Waals surface area contributed by atoms with Gasteiger partial charge in [0.15, 0.2) is 0 Å². The lowest BCUT2D eigenvalue weighted by molar-refractivity contribution is -0.0191. The van der Waals surface area contributed by atoms with Crippen molar-refractivity contribution in [3.8, 4) is 0 Å². The van der Waals surface area contributed by atoms with Gasteiger partial charge in [0.25, 0.3) is 10.1 Å². The van der Waals surface area contributed by atoms with Crippen molar-refractivity contribution in [2.24, 2.45) is 0 Å². The Morgan fingerprint density at radius 1 is 0.667 bits per heavy atom. The average Bonchev–Trinajstić information content (AvgIpc) is 2.90. The minimum absolute atomic E-state index is 0.0744. The van der Waals surface area contributed by atoms with Gasteiger partial charge >= 0.3 is 11.4 Å². The van der Waals surface area contributed by atoms with Crippen molar-refractivity contribution in [2.45, 2.75) is 24.8 Å². The Morgan fingerprint density at radius 3 is 1.54 bits per heavy atom. The van der Waals surface area contributed by atoms with E-state index in [2.05, 4.69) is 0 Å². The van der Waals surface area contributed by atoms with E-state index in [0.717, 1.165) is 16.7 Å². The lowest BCUT2D eigenvalue weighted by atomic mass is 10.1. The number of aryl methyl sites for hydroxylation is 2. The fourth-order valence-corrected chi connectivity index (χ4v) is 4.36. The highest BCUT2D eigenvalue weighted by Crippen LogP contribution is 2.19. The van der Waals surface area contributed by atoms with E-state index in [1.807, 2.05) is 38.1 Å². The fourth-order valence-electron chi connectivity index (χ4n) is 3.11. The molecule has 0 radical (unpaired) electrons. The van der Waals surface area contributed by atoms with Crippen LogP contribution in [0.1, 0.15) is 22.8 Å². The molecule has 2 aromatic carbocycles. The van der Waals surface area contributed by atoms with E-state index < -0.39 is 27.6 Å². The van der Waals surface area contributed by atoms with E-state index in [9.17, 15) is 12.6 Å². The highest BCUT2D eigenvalue weighted by molar-refractivity contribution is 7.86. The molecule has 39 heavy (non-hydrogen) atoms. The molecule has 2 rings (SSSR count). The van der Waals surface area contributed by atoms with Crippen molar-refractivity contribution in [1.82, 2.24) is 0 Å². The first-order valence-corrected chi connectivity index (χ1v) is 14.9. The lowest BCUT2D eigenvalue weighted by Gasteiger charge is -2.16. The summed E-state index contributed by atoms with van der Waals surface area (Å²) < 4.78 is 81.3. The van der Waals surface area contributed by atoms with Crippen LogP contribution in [0.3, 0.4) is 0 Å². The van der Waals surface area contributed by atoms with Crippen molar-refractivity contribution in [3.63, 3.8) is 0 Å². The second kappa shape index (κ2) is 19.3. The van der Waals surface area contributed by atoms with Crippen LogP contribution < -0.4 is 0 Å². The van der Waals surface area contributed by atoms with Gasteiger partial charge in [-0.2, -0.15) is 12.6 Å². The van der Waals surface area contributed by atoms with Gasteiger partial charge in [0.2, 0.25) is 0 Å². The first kappa shape index (κ1) is 33.4. The maximum Gasteiger partial charge on any atom is 0.302 e. The van der Waals surface area contributed by atoms with Gasteiger partial charge in [0.1, 0.15) is 6.10 Å². The second-order valence-corrected chi connectivity index (χ2v) is 10.6. The predicted molar refractivity (Wildman–Crippen MR) is 144 cm³/mol. The Labute approximate surface area is 233 Å². The molecule has 0 fully saturated rings. The van der Waals surface area contributed by atoms with Crippen LogP contribution in [-0.2, 0) is 53.5 Å². The van der Waals surface area contributed by atoms with Gasteiger partial charge in [-0.05, 0) is 31.5 Å². The van der Waals surface area contributed by atoms with E-state index in [1.165, 1.54) is 12.1 Å². The summed E-state index contributed by atoms with van der Waals surface area (Å²) in [4.78, 5) is 0.117. The van der Waals surface area contributed by atoms with E-state index in [4.69, 9.17) is 36.6 Å². The SMILES string of the molecule is Cc1ccc(C(COCCOCCOCCOCCOCCOS(=O)(=O)c2ccc(C)cc2)OS(=O)O)cc1. The zero-order valence-corrected chi connectivity index (χ0v) is 24.0. The molecule has 0 aliphatic heterocycles. The Balaban J connectivity index is 1.38. The number of rotatable bonds is 22. The van der Waals surface area contributed by atoms with Gasteiger partial charge in [-0.15, -0.1) is 0 Å². The second-order valence-electron chi connectivity index (χ2n) is 8.33. The molecular weight excluding hydrogens is 552 g/mol. The van der Waals surface area contributed by atoms with E-state index >= 15 is 0 Å². The summed E-state index contributed by atoms with van der Waals surface area (Å²) in [5.74, 6) is 0. The normalized spacial score (nSPS) is 13.4. The van der Waals surface area contributed by atoms with Crippen molar-refractivity contribution in [1.29, 1.82) is 0 Å². The van der Waals surface area contributed by atoms with E-state index in [0.29, 0.717) is 52.9 Å². The van der Waals surface area contributed by atoms with Crippen LogP contribution in [0.4, 0.5) is 0 Å². The lowest BCUT2D eigenvalue weighted by Crippen LogP contribution is -2.16. The minimum Gasteiger partial charge on any atom is -0.377 e. The molecule has 2 aromatic rings. The monoisotopic (exact) mass is 590 g/mol. The molecule has 0 spiro atoms. The summed E-state index contributed by atoms with van der Waals surface area (Å²) >= 11 is -2.40. The molecule has 0 aliphatic carbocycles. The van der Waals surface area contributed by atoms with Gasteiger partial charge in [0.05, 0.1) is 77.6 Å². The summed E-state index contributed by atoms with van der Waals surface area (Å²) in [5, 5.41) is 0. The van der Waals surface area contributed by atoms with Crippen molar-refractivity contribution >= 4 is 21.5 Å². The highest BCUT2D eigenvalue weighted by atomic mass is 32.2. The average molecular weight is 591 g/mol. The van der Waals surface area contributed by atoms with Gasteiger partial charge in [-0.25, -0.2) is 0 Å². The first-order chi connectivity index (χ1) is 18.8. The molecular formula is C26H38O11S2. The molecule has 0 amide bonds. The van der Waals surface area contributed by atoms with Gasteiger partial charge in [-0.1, -0.05) is 47.5 Å². The molecule has 2 unspecified atom stereocenters. The van der Waals surface area contributed by atoms with Crippen LogP contribution >= 0.6 is 0 Å². The number of hydrogen-bond acceptors (Lipinski definition) is 10. The summed E-state index contributed by atoms with van der Waals surface area (Å²) in [5.41, 5.74) is 2.80. The van der Waals surface area contributed by atoms with Crippen LogP contribution in [0, 0.1) is 13.8 Å². The molecule has 1 N–H and O–H groups in total. The topological polar surface area (TPSA) is 136 Å². The third-order valence-electron chi connectivity index (χ3n) is 5.18. The van der Waals surface area contributed by atoms with Gasteiger partial charge in [0, 0.05) is 0 Å². The van der Waals surface area contributed by atoms with Crippen molar-refractivity contribution < 1.29 is 49.2 Å². The Morgan fingerprint density at radius 2 is 1.08 bits per heavy atom. The number of hydrogen-bond donors (Lipinski definition) is 1. The standard InChI is InChI=1S/C26H38O11S2/c1-22-3-7-24(8-4-22)26(37-38(27)28)21-35-18-17-33-14-13-31-11-12-32-15-16-34-19-20-36-39(29,30)25-9-5-23(2)6-10-25/h3-10,26H,11-21H2,1-2H3,(H,27,28). The smallest absolute Gasteiger partial charge is 0.302 e. The van der Waals surface area contributed by atoms with Crippen LogP contribution in [0.2, 0.25) is 0 Å². The summed E-state index contributed by atoms with van der Waals surface area (Å²) in [6, 6.07) is 13.9. The van der Waals surface area contributed by atoms with Crippen LogP contribution in [-0.4, -0.2) is 89.9 Å². The van der Waals surface area contributed by atoms with Crippen molar-refractivity contribution in [2.75, 3.05) is 72.7 Å². The molecule has 2 atom stereocenters. The first-order valence-electron chi connectivity index (χ1n) is 12.5. The largest absolute Gasteiger partial charge is 0.377 e. The predicted octanol–water partition coefficient (Wildman–Crippen LogP) is 2.99. The molecule has 0 aromatic heterocycles. The van der Waals surface area contributed by atoms with E-state index in [1.54, 1.807) is 12.1 Å². The highest BCUT2D eigenvalue weighted by Gasteiger charge is 2.16. The molecule has 0 bridgehead atoms. The quantitative estimate of drug-likeness (QED) is 0.123. The van der Waals surface area contributed by atoms with Gasteiger partial charge < -0.3 is 23.7 Å². The van der Waals surface area contributed by atoms with Crippen LogP contribution in [0.15, 0.2) is 53.4 Å². The third kappa shape index (κ3) is 15.0. The van der Waals surface area contributed by atoms with E-state index in [-0.39, 0.29) is 24.7 Å². The molecule has 11 nitrogen and oxygen atoms in total. The summed E-state index contributed by atoms with van der Waals surface area (Å²) in [7, 11) is -3.78. The molecule has 0 aliphatic rings. The fraction of sp³-hybridized carbons (Fsp3) is 0.538. The van der Waals surface area contributed by atoms with Crippen LogP contribution in [0.5, 0.6) is 0 Å². The number of benzene rings is 2. The molecule has 0 saturated carbocycles. The Bertz CT molecular complexity index is 1040. The zero-order chi connectivity index (χ0) is 28.3. The molecule has 13 heteroatoms. The summed E-state index contributed by atoms with van der Waals surface area (Å²) in [6.07, 6.45) is -0.654. The maximum atomic E-state index is 12.1. The molecule has 220 valence electrons. The Kier molecular flexibility index (Phi) is 16.6. The number of ether oxygens (including phenoxy) is 5.